The number of fused-ring (bicyclic) bond motifs is 1. The smallest absolute Gasteiger partial charge is 0.270 e. The second-order valence-corrected chi connectivity index (χ2v) is 9.01. The summed E-state index contributed by atoms with van der Waals surface area (Å²) in [5.74, 6) is -0.226. The fraction of sp³-hybridized carbons (Fsp3) is 0.346. The largest absolute Gasteiger partial charge is 0.391 e. The zero-order valence-electron chi connectivity index (χ0n) is 19.0. The number of aliphatic hydroxyl groups excluding tert-OH is 1. The van der Waals surface area contributed by atoms with Crippen LogP contribution in [0, 0.1) is 0 Å². The SMILES string of the molecule is Cn1ccc(-c2ccc(Cc3cc(C(=O)N[C@@H]4CCCC[C@H]4O)nc4c3ccn4C)cc2)n1. The van der Waals surface area contributed by atoms with Crippen LogP contribution in [0.4, 0.5) is 0 Å². The van der Waals surface area contributed by atoms with E-state index in [4.69, 9.17) is 0 Å². The Bertz CT molecular complexity index is 1290. The third-order valence-electron chi connectivity index (χ3n) is 6.56. The molecular formula is C26H29N5O2. The Balaban J connectivity index is 1.42. The standard InChI is InChI=1S/C26H29N5O2/c1-30-13-11-20-19(15-17-7-9-18(10-8-17)21-12-14-31(2)29-21)16-23(27-25(20)30)26(33)28-22-5-3-4-6-24(22)32/h7-14,16,22,24,32H,3-6,15H2,1-2H3,(H,28,33)/t22-,24-/m1/s1. The van der Waals surface area contributed by atoms with E-state index in [9.17, 15) is 9.90 Å². The van der Waals surface area contributed by atoms with Crippen LogP contribution in [-0.2, 0) is 20.5 Å². The van der Waals surface area contributed by atoms with Crippen molar-refractivity contribution >= 4 is 16.9 Å². The summed E-state index contributed by atoms with van der Waals surface area (Å²) in [4.78, 5) is 17.7. The molecular weight excluding hydrogens is 414 g/mol. The lowest BCUT2D eigenvalue weighted by Crippen LogP contribution is -2.45. The molecule has 0 bridgehead atoms. The molecule has 0 saturated heterocycles. The van der Waals surface area contributed by atoms with Gasteiger partial charge in [0, 0.05) is 37.4 Å². The van der Waals surface area contributed by atoms with Gasteiger partial charge in [0.2, 0.25) is 0 Å². The van der Waals surface area contributed by atoms with Crippen LogP contribution < -0.4 is 5.32 Å². The van der Waals surface area contributed by atoms with Gasteiger partial charge >= 0.3 is 0 Å². The molecule has 3 heterocycles. The lowest BCUT2D eigenvalue weighted by atomic mass is 9.92. The first-order chi connectivity index (χ1) is 16.0. The molecule has 5 rings (SSSR count). The van der Waals surface area contributed by atoms with Crippen molar-refractivity contribution in [3.8, 4) is 11.3 Å². The Hall–Kier alpha value is -3.45. The van der Waals surface area contributed by atoms with Crippen LogP contribution in [0.1, 0.15) is 47.3 Å². The maximum absolute atomic E-state index is 13.0. The molecule has 1 fully saturated rings. The average molecular weight is 444 g/mol. The van der Waals surface area contributed by atoms with Crippen molar-refractivity contribution in [1.29, 1.82) is 0 Å². The van der Waals surface area contributed by atoms with Gasteiger partial charge in [-0.25, -0.2) is 4.98 Å². The van der Waals surface area contributed by atoms with Crippen molar-refractivity contribution < 1.29 is 9.90 Å². The van der Waals surface area contributed by atoms with Gasteiger partial charge in [0.1, 0.15) is 11.3 Å². The van der Waals surface area contributed by atoms with E-state index in [1.807, 2.05) is 49.3 Å². The molecule has 170 valence electrons. The molecule has 2 atom stereocenters. The number of rotatable bonds is 5. The Labute approximate surface area is 193 Å². The van der Waals surface area contributed by atoms with Gasteiger partial charge in [0.15, 0.2) is 0 Å². The van der Waals surface area contributed by atoms with Gasteiger partial charge < -0.3 is 15.0 Å². The highest BCUT2D eigenvalue weighted by Crippen LogP contribution is 2.25. The minimum Gasteiger partial charge on any atom is -0.391 e. The predicted octanol–water partition coefficient (Wildman–Crippen LogP) is 3.60. The summed E-state index contributed by atoms with van der Waals surface area (Å²) in [6, 6.07) is 14.1. The van der Waals surface area contributed by atoms with Crippen molar-refractivity contribution in [1.82, 2.24) is 24.6 Å². The monoisotopic (exact) mass is 443 g/mol. The number of nitrogens with zero attached hydrogens (tertiary/aromatic N) is 4. The van der Waals surface area contributed by atoms with Crippen molar-refractivity contribution in [2.45, 2.75) is 44.2 Å². The Morgan fingerprint density at radius 3 is 2.61 bits per heavy atom. The van der Waals surface area contributed by atoms with E-state index >= 15 is 0 Å². The first kappa shape index (κ1) is 21.4. The highest BCUT2D eigenvalue weighted by molar-refractivity contribution is 5.95. The molecule has 0 aliphatic heterocycles. The number of hydrogen-bond donors (Lipinski definition) is 2. The van der Waals surface area contributed by atoms with Gasteiger partial charge in [-0.2, -0.15) is 5.10 Å². The first-order valence-corrected chi connectivity index (χ1v) is 11.5. The van der Waals surface area contributed by atoms with Crippen molar-refractivity contribution in [2.75, 3.05) is 0 Å². The fourth-order valence-corrected chi connectivity index (χ4v) is 4.67. The number of aromatic nitrogens is 4. The highest BCUT2D eigenvalue weighted by Gasteiger charge is 2.26. The van der Waals surface area contributed by atoms with Crippen LogP contribution >= 0.6 is 0 Å². The molecule has 0 radical (unpaired) electrons. The zero-order chi connectivity index (χ0) is 22.9. The topological polar surface area (TPSA) is 85.0 Å². The lowest BCUT2D eigenvalue weighted by molar-refractivity contribution is 0.0714. The zero-order valence-corrected chi connectivity index (χ0v) is 19.0. The summed E-state index contributed by atoms with van der Waals surface area (Å²) in [7, 11) is 3.85. The minimum absolute atomic E-state index is 0.209. The van der Waals surface area contributed by atoms with Crippen LogP contribution in [0.15, 0.2) is 54.9 Å². The molecule has 1 aliphatic rings. The van der Waals surface area contributed by atoms with Crippen LogP contribution in [0.5, 0.6) is 0 Å². The molecule has 7 heteroatoms. The molecule has 2 N–H and O–H groups in total. The maximum atomic E-state index is 13.0. The minimum atomic E-state index is -0.487. The van der Waals surface area contributed by atoms with Crippen LogP contribution in [0.2, 0.25) is 0 Å². The third kappa shape index (κ3) is 4.41. The Morgan fingerprint density at radius 2 is 1.88 bits per heavy atom. The van der Waals surface area contributed by atoms with Gasteiger partial charge in [0.25, 0.3) is 5.91 Å². The molecule has 1 aromatic carbocycles. The van der Waals surface area contributed by atoms with Gasteiger partial charge in [0.05, 0.1) is 17.8 Å². The number of carbonyl (C=O) groups is 1. The second kappa shape index (κ2) is 8.83. The summed E-state index contributed by atoms with van der Waals surface area (Å²) in [6.45, 7) is 0. The first-order valence-electron chi connectivity index (χ1n) is 11.5. The summed E-state index contributed by atoms with van der Waals surface area (Å²) in [5, 5.41) is 18.8. The van der Waals surface area contributed by atoms with E-state index in [0.29, 0.717) is 12.1 Å². The highest BCUT2D eigenvalue weighted by atomic mass is 16.3. The Kier molecular flexibility index (Phi) is 5.72. The summed E-state index contributed by atoms with van der Waals surface area (Å²) < 4.78 is 3.74. The summed E-state index contributed by atoms with van der Waals surface area (Å²) >= 11 is 0. The second-order valence-electron chi connectivity index (χ2n) is 9.01. The number of nitrogens with one attached hydrogen (secondary N) is 1. The number of hydrogen-bond acceptors (Lipinski definition) is 4. The number of benzene rings is 1. The number of aliphatic hydroxyl groups is 1. The number of aryl methyl sites for hydroxylation is 2. The van der Waals surface area contributed by atoms with Crippen molar-refractivity contribution in [2.24, 2.45) is 14.1 Å². The molecule has 0 spiro atoms. The summed E-state index contributed by atoms with van der Waals surface area (Å²) in [5.41, 5.74) is 5.40. The number of carbonyl (C=O) groups excluding carboxylic acids is 1. The Morgan fingerprint density at radius 1 is 1.09 bits per heavy atom. The molecule has 1 aliphatic carbocycles. The van der Waals surface area contributed by atoms with Crippen molar-refractivity contribution in [3.05, 3.63) is 71.7 Å². The van der Waals surface area contributed by atoms with E-state index in [1.165, 1.54) is 0 Å². The van der Waals surface area contributed by atoms with Crippen LogP contribution in [0.25, 0.3) is 22.3 Å². The van der Waals surface area contributed by atoms with Gasteiger partial charge in [-0.15, -0.1) is 0 Å². The molecule has 0 unspecified atom stereocenters. The van der Waals surface area contributed by atoms with Gasteiger partial charge in [-0.05, 0) is 48.6 Å². The van der Waals surface area contributed by atoms with E-state index < -0.39 is 6.10 Å². The predicted molar refractivity (Wildman–Crippen MR) is 128 cm³/mol. The van der Waals surface area contributed by atoms with Gasteiger partial charge in [-0.3, -0.25) is 9.48 Å². The van der Waals surface area contributed by atoms with E-state index in [2.05, 4.69) is 39.7 Å². The van der Waals surface area contributed by atoms with Crippen molar-refractivity contribution in [3.63, 3.8) is 0 Å². The normalized spacial score (nSPS) is 18.5. The van der Waals surface area contributed by atoms with E-state index in [0.717, 1.165) is 59.1 Å². The van der Waals surface area contributed by atoms with E-state index in [1.54, 1.807) is 4.68 Å². The molecule has 7 nitrogen and oxygen atoms in total. The quantitative estimate of drug-likeness (QED) is 0.494. The van der Waals surface area contributed by atoms with Crippen LogP contribution in [0.3, 0.4) is 0 Å². The average Bonchev–Trinajstić information content (AvgIpc) is 3.42. The molecule has 1 saturated carbocycles. The fourth-order valence-electron chi connectivity index (χ4n) is 4.67. The molecule has 3 aromatic heterocycles. The van der Waals surface area contributed by atoms with E-state index in [-0.39, 0.29) is 11.9 Å². The third-order valence-corrected chi connectivity index (χ3v) is 6.56. The summed E-state index contributed by atoms with van der Waals surface area (Å²) in [6.07, 6.45) is 7.67. The number of pyridine rings is 1. The van der Waals surface area contributed by atoms with Gasteiger partial charge in [-0.1, -0.05) is 37.1 Å². The lowest BCUT2D eigenvalue weighted by Gasteiger charge is -2.28. The number of amides is 1. The van der Waals surface area contributed by atoms with Crippen LogP contribution in [-0.4, -0.2) is 42.5 Å². The maximum Gasteiger partial charge on any atom is 0.270 e. The molecule has 1 amide bonds. The molecule has 33 heavy (non-hydrogen) atoms. The molecule has 4 aromatic rings.